The molecule has 0 aliphatic heterocycles. The van der Waals surface area contributed by atoms with E-state index >= 15 is 0 Å². The summed E-state index contributed by atoms with van der Waals surface area (Å²) in [5.74, 6) is 0.928. The average molecular weight is 349 g/mol. The maximum atomic E-state index is 5.94. The third-order valence-electron chi connectivity index (χ3n) is 3.58. The van der Waals surface area contributed by atoms with E-state index in [1.807, 2.05) is 35.9 Å². The summed E-state index contributed by atoms with van der Waals surface area (Å²) in [6.07, 6.45) is 5.57. The SMILES string of the molecule is CCNC(=NCCCCn1cnnc1)N(C)Cc1ccc(Cl)cc1. The molecule has 0 amide bonds. The summed E-state index contributed by atoms with van der Waals surface area (Å²) in [5, 5.41) is 11.7. The standard InChI is InChI=1S/C17H25ClN6/c1-3-19-17(20-10-4-5-11-24-13-21-22-14-24)23(2)12-15-6-8-16(18)9-7-15/h6-9,13-14H,3-5,10-12H2,1-2H3,(H,19,20). The van der Waals surface area contributed by atoms with E-state index in [9.17, 15) is 0 Å². The smallest absolute Gasteiger partial charge is 0.193 e. The normalized spacial score (nSPS) is 11.5. The molecular weight excluding hydrogens is 324 g/mol. The highest BCUT2D eigenvalue weighted by molar-refractivity contribution is 6.30. The van der Waals surface area contributed by atoms with Crippen molar-refractivity contribution in [1.29, 1.82) is 0 Å². The van der Waals surface area contributed by atoms with Crippen molar-refractivity contribution in [1.82, 2.24) is 25.0 Å². The number of hydrogen-bond donors (Lipinski definition) is 1. The van der Waals surface area contributed by atoms with Gasteiger partial charge in [0.25, 0.3) is 0 Å². The number of benzene rings is 1. The minimum atomic E-state index is 0.759. The minimum absolute atomic E-state index is 0.759. The molecule has 1 N–H and O–H groups in total. The van der Waals surface area contributed by atoms with Crippen molar-refractivity contribution in [3.05, 3.63) is 47.5 Å². The van der Waals surface area contributed by atoms with Gasteiger partial charge in [0.1, 0.15) is 12.7 Å². The topological polar surface area (TPSA) is 58.3 Å². The van der Waals surface area contributed by atoms with Crippen LogP contribution in [0.15, 0.2) is 41.9 Å². The number of aryl methyl sites for hydroxylation is 1. The van der Waals surface area contributed by atoms with Gasteiger partial charge in [0.2, 0.25) is 0 Å². The van der Waals surface area contributed by atoms with E-state index in [1.54, 1.807) is 12.7 Å². The number of guanidine groups is 1. The molecule has 0 saturated carbocycles. The second-order valence-corrected chi connectivity index (χ2v) is 6.06. The molecular formula is C17H25ClN6. The predicted octanol–water partition coefficient (Wildman–Crippen LogP) is 2.81. The van der Waals surface area contributed by atoms with Gasteiger partial charge in [-0.05, 0) is 37.5 Å². The molecule has 1 aromatic carbocycles. The first-order chi connectivity index (χ1) is 11.7. The van der Waals surface area contributed by atoms with Gasteiger partial charge in [-0.25, -0.2) is 0 Å². The Balaban J connectivity index is 1.81. The number of unbranched alkanes of at least 4 members (excludes halogenated alkanes) is 1. The van der Waals surface area contributed by atoms with Crippen molar-refractivity contribution in [3.63, 3.8) is 0 Å². The van der Waals surface area contributed by atoms with Crippen LogP contribution in [0.2, 0.25) is 5.02 Å². The van der Waals surface area contributed by atoms with Gasteiger partial charge in [0, 0.05) is 38.2 Å². The van der Waals surface area contributed by atoms with E-state index in [0.717, 1.165) is 50.0 Å². The Morgan fingerprint density at radius 2 is 1.92 bits per heavy atom. The summed E-state index contributed by atoms with van der Waals surface area (Å²) in [4.78, 5) is 6.84. The minimum Gasteiger partial charge on any atom is -0.357 e. The third kappa shape index (κ3) is 6.20. The Labute approximate surface area is 148 Å². The molecule has 0 fully saturated rings. The number of aliphatic imine (C=N–C) groups is 1. The van der Waals surface area contributed by atoms with Crippen LogP contribution in [-0.4, -0.2) is 45.8 Å². The van der Waals surface area contributed by atoms with E-state index in [-0.39, 0.29) is 0 Å². The van der Waals surface area contributed by atoms with E-state index in [0.29, 0.717) is 0 Å². The molecule has 2 aromatic rings. The van der Waals surface area contributed by atoms with Gasteiger partial charge >= 0.3 is 0 Å². The van der Waals surface area contributed by atoms with Crippen LogP contribution in [0.5, 0.6) is 0 Å². The Morgan fingerprint density at radius 3 is 2.58 bits per heavy atom. The zero-order chi connectivity index (χ0) is 17.2. The summed E-state index contributed by atoms with van der Waals surface area (Å²) in [6.45, 7) is 5.46. The lowest BCUT2D eigenvalue weighted by Crippen LogP contribution is -2.38. The Kier molecular flexibility index (Phi) is 7.55. The maximum absolute atomic E-state index is 5.94. The highest BCUT2D eigenvalue weighted by Crippen LogP contribution is 2.11. The van der Waals surface area contributed by atoms with Crippen molar-refractivity contribution in [2.45, 2.75) is 32.9 Å². The highest BCUT2D eigenvalue weighted by atomic mass is 35.5. The van der Waals surface area contributed by atoms with Crippen LogP contribution in [-0.2, 0) is 13.1 Å². The third-order valence-corrected chi connectivity index (χ3v) is 3.83. The first-order valence-electron chi connectivity index (χ1n) is 8.25. The van der Waals surface area contributed by atoms with Gasteiger partial charge in [-0.15, -0.1) is 10.2 Å². The van der Waals surface area contributed by atoms with Crippen molar-refractivity contribution < 1.29 is 0 Å². The summed E-state index contributed by atoms with van der Waals surface area (Å²) in [6, 6.07) is 7.92. The fraction of sp³-hybridized carbons (Fsp3) is 0.471. The monoisotopic (exact) mass is 348 g/mol. The van der Waals surface area contributed by atoms with E-state index in [1.165, 1.54) is 5.56 Å². The maximum Gasteiger partial charge on any atom is 0.193 e. The molecule has 130 valence electrons. The number of rotatable bonds is 8. The zero-order valence-corrected chi connectivity index (χ0v) is 15.1. The van der Waals surface area contributed by atoms with Crippen LogP contribution >= 0.6 is 11.6 Å². The van der Waals surface area contributed by atoms with Crippen LogP contribution in [0, 0.1) is 0 Å². The molecule has 24 heavy (non-hydrogen) atoms. The molecule has 0 atom stereocenters. The summed E-state index contributed by atoms with van der Waals surface area (Å²) < 4.78 is 1.99. The van der Waals surface area contributed by atoms with Gasteiger partial charge in [0.05, 0.1) is 0 Å². The van der Waals surface area contributed by atoms with E-state index in [4.69, 9.17) is 16.6 Å². The molecule has 0 aliphatic rings. The molecule has 0 aliphatic carbocycles. The van der Waals surface area contributed by atoms with Gasteiger partial charge < -0.3 is 14.8 Å². The quantitative estimate of drug-likeness (QED) is 0.453. The number of nitrogens with one attached hydrogen (secondary N) is 1. The molecule has 0 spiro atoms. The summed E-state index contributed by atoms with van der Waals surface area (Å²) in [7, 11) is 2.05. The Bertz CT molecular complexity index is 609. The van der Waals surface area contributed by atoms with Crippen molar-refractivity contribution in [2.24, 2.45) is 4.99 Å². The highest BCUT2D eigenvalue weighted by Gasteiger charge is 2.06. The van der Waals surface area contributed by atoms with Crippen LogP contribution in [0.1, 0.15) is 25.3 Å². The number of aromatic nitrogens is 3. The molecule has 0 unspecified atom stereocenters. The number of halogens is 1. The van der Waals surface area contributed by atoms with E-state index in [2.05, 4.69) is 27.3 Å². The van der Waals surface area contributed by atoms with Crippen LogP contribution in [0.4, 0.5) is 0 Å². The number of hydrogen-bond acceptors (Lipinski definition) is 3. The van der Waals surface area contributed by atoms with Crippen LogP contribution < -0.4 is 5.32 Å². The van der Waals surface area contributed by atoms with Crippen molar-refractivity contribution in [3.8, 4) is 0 Å². The molecule has 7 heteroatoms. The van der Waals surface area contributed by atoms with Crippen molar-refractivity contribution >= 4 is 17.6 Å². The van der Waals surface area contributed by atoms with Crippen LogP contribution in [0.25, 0.3) is 0 Å². The molecule has 2 rings (SSSR count). The second kappa shape index (κ2) is 9.93. The number of nitrogens with zero attached hydrogens (tertiary/aromatic N) is 5. The fourth-order valence-electron chi connectivity index (χ4n) is 2.34. The zero-order valence-electron chi connectivity index (χ0n) is 14.3. The first-order valence-corrected chi connectivity index (χ1v) is 8.63. The van der Waals surface area contributed by atoms with Gasteiger partial charge in [0.15, 0.2) is 5.96 Å². The largest absolute Gasteiger partial charge is 0.357 e. The average Bonchev–Trinajstić information content (AvgIpc) is 3.09. The Morgan fingerprint density at radius 1 is 1.21 bits per heavy atom. The van der Waals surface area contributed by atoms with Gasteiger partial charge in [-0.3, -0.25) is 4.99 Å². The summed E-state index contributed by atoms with van der Waals surface area (Å²) >= 11 is 5.94. The second-order valence-electron chi connectivity index (χ2n) is 5.62. The summed E-state index contributed by atoms with van der Waals surface area (Å²) in [5.41, 5.74) is 1.21. The molecule has 0 radical (unpaired) electrons. The van der Waals surface area contributed by atoms with Crippen molar-refractivity contribution in [2.75, 3.05) is 20.1 Å². The molecule has 0 bridgehead atoms. The van der Waals surface area contributed by atoms with Gasteiger partial charge in [-0.1, -0.05) is 23.7 Å². The first kappa shape index (κ1) is 18.3. The van der Waals surface area contributed by atoms with Gasteiger partial charge in [-0.2, -0.15) is 0 Å². The lowest BCUT2D eigenvalue weighted by Gasteiger charge is -2.22. The fourth-order valence-corrected chi connectivity index (χ4v) is 2.46. The predicted molar refractivity (Wildman–Crippen MR) is 98.2 cm³/mol. The Hall–Kier alpha value is -2.08. The molecule has 6 nitrogen and oxygen atoms in total. The molecule has 1 heterocycles. The molecule has 1 aromatic heterocycles. The lowest BCUT2D eigenvalue weighted by molar-refractivity contribution is 0.475. The lowest BCUT2D eigenvalue weighted by atomic mass is 10.2. The van der Waals surface area contributed by atoms with Crippen LogP contribution in [0.3, 0.4) is 0 Å². The molecule has 0 saturated heterocycles. The van der Waals surface area contributed by atoms with E-state index < -0.39 is 0 Å².